The molecule has 3 saturated carbocycles. The number of nitrogens with one attached hydrogen (secondary N) is 2. The summed E-state index contributed by atoms with van der Waals surface area (Å²) < 4.78 is 44.6. The van der Waals surface area contributed by atoms with Gasteiger partial charge in [0.15, 0.2) is 0 Å². The van der Waals surface area contributed by atoms with Gasteiger partial charge < -0.3 is 15.4 Å². The van der Waals surface area contributed by atoms with E-state index in [2.05, 4.69) is 10.6 Å². The van der Waals surface area contributed by atoms with Crippen molar-refractivity contribution in [3.63, 3.8) is 0 Å². The molecule has 0 bridgehead atoms. The van der Waals surface area contributed by atoms with E-state index in [-0.39, 0.29) is 48.0 Å². The predicted molar refractivity (Wildman–Crippen MR) is 104 cm³/mol. The fourth-order valence-electron chi connectivity index (χ4n) is 5.19. The third-order valence-electron chi connectivity index (χ3n) is 7.25. The van der Waals surface area contributed by atoms with E-state index in [4.69, 9.17) is 16.3 Å². The highest BCUT2D eigenvalue weighted by molar-refractivity contribution is 6.21. The van der Waals surface area contributed by atoms with Gasteiger partial charge in [0.05, 0.1) is 12.0 Å². The van der Waals surface area contributed by atoms with Gasteiger partial charge in [-0.25, -0.2) is 0 Å². The maximum atomic E-state index is 12.8. The minimum atomic E-state index is -4.06. The number of amides is 1. The highest BCUT2D eigenvalue weighted by Crippen LogP contribution is 2.40. The Morgan fingerprint density at radius 2 is 1.86 bits per heavy atom. The number of rotatable bonds is 5. The summed E-state index contributed by atoms with van der Waals surface area (Å²) in [7, 11) is 0. The lowest BCUT2D eigenvalue weighted by atomic mass is 9.81. The van der Waals surface area contributed by atoms with Crippen LogP contribution in [0, 0.1) is 23.7 Å². The van der Waals surface area contributed by atoms with Crippen LogP contribution in [-0.4, -0.2) is 36.2 Å². The number of carbonyl (C=O) groups excluding carboxylic acids is 1. The molecule has 0 aromatic rings. The molecule has 0 aromatic heterocycles. The molecular weight excluding hydrogens is 405 g/mol. The molecule has 1 aliphatic heterocycles. The Kier molecular flexibility index (Phi) is 6.35. The van der Waals surface area contributed by atoms with Gasteiger partial charge in [0.1, 0.15) is 0 Å². The van der Waals surface area contributed by atoms with Gasteiger partial charge >= 0.3 is 6.18 Å². The van der Waals surface area contributed by atoms with Gasteiger partial charge in [0.25, 0.3) is 0 Å². The third-order valence-corrected chi connectivity index (χ3v) is 7.61. The first-order valence-electron chi connectivity index (χ1n) is 10.9. The van der Waals surface area contributed by atoms with Crippen LogP contribution in [-0.2, 0) is 9.53 Å². The fourth-order valence-corrected chi connectivity index (χ4v) is 5.62. The van der Waals surface area contributed by atoms with Crippen LogP contribution in [0.4, 0.5) is 13.2 Å². The molecule has 1 heterocycles. The maximum absolute atomic E-state index is 12.8. The number of carbonyl (C=O) groups is 1. The molecule has 29 heavy (non-hydrogen) atoms. The number of hydrogen-bond acceptors (Lipinski definition) is 3. The van der Waals surface area contributed by atoms with E-state index in [9.17, 15) is 18.0 Å². The number of hydrogen-bond donors (Lipinski definition) is 2. The van der Waals surface area contributed by atoms with Gasteiger partial charge in [-0.15, -0.1) is 11.6 Å². The van der Waals surface area contributed by atoms with Crippen molar-refractivity contribution < 1.29 is 22.7 Å². The first-order valence-corrected chi connectivity index (χ1v) is 11.3. The molecule has 4 nitrogen and oxygen atoms in total. The minimum Gasteiger partial charge on any atom is -0.386 e. The van der Waals surface area contributed by atoms with Crippen LogP contribution in [0.3, 0.4) is 0 Å². The second kappa shape index (κ2) is 8.66. The van der Waals surface area contributed by atoms with E-state index >= 15 is 0 Å². The quantitative estimate of drug-likeness (QED) is 0.627. The summed E-state index contributed by atoms with van der Waals surface area (Å²) in [5.74, 6) is -0.616. The third kappa shape index (κ3) is 5.04. The normalized spacial score (nSPS) is 39.7. The summed E-state index contributed by atoms with van der Waals surface area (Å²) in [6, 6.07) is 0.328. The average Bonchev–Trinajstić information content (AvgIpc) is 3.05. The Balaban J connectivity index is 1.21. The van der Waals surface area contributed by atoms with Gasteiger partial charge in [-0.2, -0.15) is 13.2 Å². The zero-order chi connectivity index (χ0) is 20.6. The van der Waals surface area contributed by atoms with E-state index in [0.29, 0.717) is 25.5 Å². The van der Waals surface area contributed by atoms with Crippen LogP contribution < -0.4 is 10.6 Å². The standard InChI is InChI=1S/C21H30ClF3N2O2/c22-15-7-13(8-15)20(28)27-19-10-26-18-6-5-16(9-17(18)19)29-11-12-1-3-14(4-2-12)21(23,24)25/h10,12-18,26H,1-9,11H2,(H,27,28). The van der Waals surface area contributed by atoms with Crippen LogP contribution in [0.25, 0.3) is 0 Å². The molecule has 0 spiro atoms. The highest BCUT2D eigenvalue weighted by atomic mass is 35.5. The van der Waals surface area contributed by atoms with Crippen LogP contribution >= 0.6 is 11.6 Å². The van der Waals surface area contributed by atoms with Crippen molar-refractivity contribution in [3.05, 3.63) is 11.9 Å². The highest BCUT2D eigenvalue weighted by Gasteiger charge is 2.42. The van der Waals surface area contributed by atoms with Crippen LogP contribution in [0.5, 0.6) is 0 Å². The van der Waals surface area contributed by atoms with Gasteiger partial charge in [0, 0.05) is 41.8 Å². The zero-order valence-electron chi connectivity index (χ0n) is 16.5. The molecule has 1 amide bonds. The van der Waals surface area contributed by atoms with Crippen molar-refractivity contribution in [3.8, 4) is 0 Å². The number of halogens is 4. The molecule has 3 atom stereocenters. The smallest absolute Gasteiger partial charge is 0.386 e. The first kappa shape index (κ1) is 21.3. The van der Waals surface area contributed by atoms with E-state index in [1.54, 1.807) is 0 Å². The average molecular weight is 435 g/mol. The second-order valence-electron chi connectivity index (χ2n) is 9.26. The predicted octanol–water partition coefficient (Wildman–Crippen LogP) is 4.49. The molecule has 164 valence electrons. The molecule has 4 rings (SSSR count). The van der Waals surface area contributed by atoms with Crippen molar-refractivity contribution in [2.75, 3.05) is 6.61 Å². The monoisotopic (exact) mass is 434 g/mol. The Morgan fingerprint density at radius 1 is 1.14 bits per heavy atom. The Morgan fingerprint density at radius 3 is 2.52 bits per heavy atom. The molecular formula is C21H30ClF3N2O2. The van der Waals surface area contributed by atoms with Gasteiger partial charge in [-0.1, -0.05) is 0 Å². The molecule has 0 radical (unpaired) electrons. The SMILES string of the molecule is O=C(NC1=CNC2CCC(OCC3CCC(C(F)(F)F)CC3)CC12)C1CC(Cl)C1. The van der Waals surface area contributed by atoms with Crippen LogP contribution in [0.2, 0.25) is 0 Å². The van der Waals surface area contributed by atoms with Crippen molar-refractivity contribution in [2.45, 2.75) is 81.5 Å². The topological polar surface area (TPSA) is 50.4 Å². The van der Waals surface area contributed by atoms with E-state index in [1.165, 1.54) is 0 Å². The molecule has 0 aromatic carbocycles. The van der Waals surface area contributed by atoms with E-state index in [0.717, 1.165) is 37.8 Å². The number of ether oxygens (including phenoxy) is 1. The summed E-state index contributed by atoms with van der Waals surface area (Å²) in [4.78, 5) is 12.4. The van der Waals surface area contributed by atoms with Gasteiger partial charge in [0.2, 0.25) is 5.91 Å². The Bertz CT molecular complexity index is 628. The Labute approximate surface area is 174 Å². The number of fused-ring (bicyclic) bond motifs is 1. The molecule has 4 aliphatic rings. The summed E-state index contributed by atoms with van der Waals surface area (Å²) in [6.07, 6.45) is 3.83. The summed E-state index contributed by atoms with van der Waals surface area (Å²) in [6.45, 7) is 0.546. The molecule has 3 fully saturated rings. The lowest BCUT2D eigenvalue weighted by Crippen LogP contribution is -2.43. The van der Waals surface area contributed by atoms with E-state index < -0.39 is 12.1 Å². The molecule has 8 heteroatoms. The Hall–Kier alpha value is -0.950. The fraction of sp³-hybridized carbons (Fsp3) is 0.857. The first-order chi connectivity index (χ1) is 13.8. The maximum Gasteiger partial charge on any atom is 0.391 e. The van der Waals surface area contributed by atoms with Crippen LogP contribution in [0.1, 0.15) is 57.8 Å². The minimum absolute atomic E-state index is 0.0138. The van der Waals surface area contributed by atoms with E-state index in [1.807, 2.05) is 6.20 Å². The molecule has 3 aliphatic carbocycles. The summed E-state index contributed by atoms with van der Waals surface area (Å²) in [5.41, 5.74) is 0.942. The van der Waals surface area contributed by atoms with Crippen molar-refractivity contribution in [1.82, 2.24) is 10.6 Å². The second-order valence-corrected chi connectivity index (χ2v) is 9.88. The largest absolute Gasteiger partial charge is 0.391 e. The zero-order valence-corrected chi connectivity index (χ0v) is 17.3. The van der Waals surface area contributed by atoms with Gasteiger partial charge in [-0.3, -0.25) is 4.79 Å². The van der Waals surface area contributed by atoms with Crippen molar-refractivity contribution in [2.24, 2.45) is 23.7 Å². The van der Waals surface area contributed by atoms with Gasteiger partial charge in [-0.05, 0) is 63.7 Å². The molecule has 3 unspecified atom stereocenters. The lowest BCUT2D eigenvalue weighted by Gasteiger charge is -2.36. The van der Waals surface area contributed by atoms with Crippen molar-refractivity contribution in [1.29, 1.82) is 0 Å². The molecule has 2 N–H and O–H groups in total. The summed E-state index contributed by atoms with van der Waals surface area (Å²) >= 11 is 5.98. The lowest BCUT2D eigenvalue weighted by molar-refractivity contribution is -0.185. The van der Waals surface area contributed by atoms with Crippen LogP contribution in [0.15, 0.2) is 11.9 Å². The number of alkyl halides is 4. The van der Waals surface area contributed by atoms with Crippen molar-refractivity contribution >= 4 is 17.5 Å². The molecule has 0 saturated heterocycles. The summed E-state index contributed by atoms with van der Waals surface area (Å²) in [5, 5.41) is 6.58.